The van der Waals surface area contributed by atoms with E-state index in [4.69, 9.17) is 0 Å². The minimum atomic E-state index is 0.884. The number of hydrogen-bond donors (Lipinski definition) is 1. The zero-order chi connectivity index (χ0) is 12.8. The number of nitrogens with zero attached hydrogens (tertiary/aromatic N) is 2. The normalized spacial score (nSPS) is 27.2. The lowest BCUT2D eigenvalue weighted by Gasteiger charge is -2.16. The van der Waals surface area contributed by atoms with Gasteiger partial charge in [-0.05, 0) is 49.5 Å². The van der Waals surface area contributed by atoms with Crippen LogP contribution in [0.1, 0.15) is 10.6 Å². The molecule has 0 amide bonds. The summed E-state index contributed by atoms with van der Waals surface area (Å²) >= 11 is 1.80. The van der Waals surface area contributed by atoms with Crippen molar-refractivity contribution in [3.63, 3.8) is 0 Å². The molecule has 0 radical (unpaired) electrons. The Morgan fingerprint density at radius 1 is 1.32 bits per heavy atom. The lowest BCUT2D eigenvalue weighted by Crippen LogP contribution is -2.25. The van der Waals surface area contributed by atoms with Gasteiger partial charge >= 0.3 is 0 Å². The highest BCUT2D eigenvalue weighted by Gasteiger charge is 2.35. The van der Waals surface area contributed by atoms with Crippen molar-refractivity contribution in [3.8, 4) is 0 Å². The minimum Gasteiger partial charge on any atom is -0.316 e. The Kier molecular flexibility index (Phi) is 2.83. The molecule has 1 aromatic carbocycles. The topological polar surface area (TPSA) is 28.2 Å². The summed E-state index contributed by atoms with van der Waals surface area (Å²) in [5, 5.41) is 4.66. The maximum Gasteiger partial charge on any atom is 0.0907 e. The van der Waals surface area contributed by atoms with Crippen molar-refractivity contribution in [1.82, 2.24) is 15.2 Å². The third-order valence-corrected chi connectivity index (χ3v) is 5.36. The van der Waals surface area contributed by atoms with E-state index in [2.05, 4.69) is 40.3 Å². The molecule has 0 aliphatic carbocycles. The van der Waals surface area contributed by atoms with Gasteiger partial charge < -0.3 is 5.32 Å². The first-order valence-corrected chi connectivity index (χ1v) is 7.89. The maximum atomic E-state index is 4.53. The fourth-order valence-electron chi connectivity index (χ4n) is 3.52. The number of thiazole rings is 1. The van der Waals surface area contributed by atoms with Crippen LogP contribution in [0.5, 0.6) is 0 Å². The van der Waals surface area contributed by atoms with Crippen molar-refractivity contribution >= 4 is 21.6 Å². The van der Waals surface area contributed by atoms with Crippen LogP contribution in [0.4, 0.5) is 0 Å². The standard InChI is InChI=1S/C15H19N3S/c1-10-17-14-3-2-11(4-15(14)19-10)7-18-8-12-5-16-6-13(12)9-18/h2-4,12-13,16H,5-9H2,1H3/t12-,13+. The van der Waals surface area contributed by atoms with Crippen LogP contribution in [0.15, 0.2) is 18.2 Å². The zero-order valence-corrected chi connectivity index (χ0v) is 12.0. The molecule has 100 valence electrons. The van der Waals surface area contributed by atoms with Crippen LogP contribution in [-0.4, -0.2) is 36.1 Å². The van der Waals surface area contributed by atoms with E-state index < -0.39 is 0 Å². The van der Waals surface area contributed by atoms with Crippen molar-refractivity contribution < 1.29 is 0 Å². The Bertz CT molecular complexity index is 594. The number of aromatic nitrogens is 1. The van der Waals surface area contributed by atoms with E-state index >= 15 is 0 Å². The Labute approximate surface area is 117 Å². The third kappa shape index (κ3) is 2.18. The van der Waals surface area contributed by atoms with E-state index in [-0.39, 0.29) is 0 Å². The summed E-state index contributed by atoms with van der Waals surface area (Å²) in [6.07, 6.45) is 0. The molecule has 2 fully saturated rings. The number of nitrogens with one attached hydrogen (secondary N) is 1. The first-order chi connectivity index (χ1) is 9.28. The van der Waals surface area contributed by atoms with E-state index in [1.165, 1.54) is 36.4 Å². The molecule has 0 spiro atoms. The number of hydrogen-bond acceptors (Lipinski definition) is 4. The van der Waals surface area contributed by atoms with E-state index in [1.807, 2.05) is 0 Å². The van der Waals surface area contributed by atoms with E-state index in [0.717, 1.165) is 28.9 Å². The quantitative estimate of drug-likeness (QED) is 0.909. The summed E-state index contributed by atoms with van der Waals surface area (Å²) in [4.78, 5) is 7.15. The second-order valence-corrected chi connectivity index (χ2v) is 7.14. The van der Waals surface area contributed by atoms with Gasteiger partial charge in [-0.1, -0.05) is 6.07 Å². The second kappa shape index (κ2) is 4.54. The van der Waals surface area contributed by atoms with Gasteiger partial charge in [0.05, 0.1) is 15.2 Å². The van der Waals surface area contributed by atoms with Gasteiger partial charge in [0.1, 0.15) is 0 Å². The number of aryl methyl sites for hydroxylation is 1. The molecule has 0 saturated carbocycles. The molecule has 4 heteroatoms. The molecule has 2 saturated heterocycles. The first-order valence-electron chi connectivity index (χ1n) is 7.07. The number of rotatable bonds is 2. The van der Waals surface area contributed by atoms with E-state index in [1.54, 1.807) is 11.3 Å². The molecule has 2 aromatic rings. The molecule has 3 heterocycles. The fourth-order valence-corrected chi connectivity index (χ4v) is 4.41. The molecular formula is C15H19N3S. The largest absolute Gasteiger partial charge is 0.316 e. The fraction of sp³-hybridized carbons (Fsp3) is 0.533. The number of benzene rings is 1. The van der Waals surface area contributed by atoms with Crippen LogP contribution in [-0.2, 0) is 6.54 Å². The molecule has 2 aliphatic rings. The Morgan fingerprint density at radius 3 is 2.89 bits per heavy atom. The molecule has 2 aliphatic heterocycles. The highest BCUT2D eigenvalue weighted by Crippen LogP contribution is 2.28. The van der Waals surface area contributed by atoms with Crippen molar-refractivity contribution in [2.75, 3.05) is 26.2 Å². The maximum absolute atomic E-state index is 4.53. The molecule has 0 bridgehead atoms. The zero-order valence-electron chi connectivity index (χ0n) is 11.2. The molecule has 4 rings (SSSR count). The van der Waals surface area contributed by atoms with Gasteiger partial charge in [-0.3, -0.25) is 4.90 Å². The van der Waals surface area contributed by atoms with Crippen molar-refractivity contribution in [3.05, 3.63) is 28.8 Å². The lowest BCUT2D eigenvalue weighted by molar-refractivity contribution is 0.306. The average molecular weight is 273 g/mol. The van der Waals surface area contributed by atoms with Gasteiger partial charge in [-0.15, -0.1) is 11.3 Å². The van der Waals surface area contributed by atoms with Gasteiger partial charge in [0.25, 0.3) is 0 Å². The summed E-state index contributed by atoms with van der Waals surface area (Å²) < 4.78 is 1.33. The molecule has 3 nitrogen and oxygen atoms in total. The second-order valence-electron chi connectivity index (χ2n) is 5.91. The van der Waals surface area contributed by atoms with Gasteiger partial charge in [-0.25, -0.2) is 4.98 Å². The number of likely N-dealkylation sites (tertiary alicyclic amines) is 1. The smallest absolute Gasteiger partial charge is 0.0907 e. The number of fused-ring (bicyclic) bond motifs is 2. The van der Waals surface area contributed by atoms with Crippen LogP contribution in [0.2, 0.25) is 0 Å². The highest BCUT2D eigenvalue weighted by atomic mass is 32.1. The molecular weight excluding hydrogens is 254 g/mol. The van der Waals surface area contributed by atoms with Gasteiger partial charge in [-0.2, -0.15) is 0 Å². The predicted octanol–water partition coefficient (Wildman–Crippen LogP) is 2.26. The van der Waals surface area contributed by atoms with Crippen molar-refractivity contribution in [1.29, 1.82) is 0 Å². The highest BCUT2D eigenvalue weighted by molar-refractivity contribution is 7.18. The van der Waals surface area contributed by atoms with Crippen LogP contribution < -0.4 is 5.32 Å². The summed E-state index contributed by atoms with van der Waals surface area (Å²) in [6, 6.07) is 6.74. The van der Waals surface area contributed by atoms with E-state index in [0.29, 0.717) is 0 Å². The molecule has 1 N–H and O–H groups in total. The summed E-state index contributed by atoms with van der Waals surface area (Å²) in [7, 11) is 0. The van der Waals surface area contributed by atoms with Gasteiger partial charge in [0.15, 0.2) is 0 Å². The van der Waals surface area contributed by atoms with Crippen molar-refractivity contribution in [2.24, 2.45) is 11.8 Å². The Morgan fingerprint density at radius 2 is 2.11 bits per heavy atom. The van der Waals surface area contributed by atoms with Crippen LogP contribution in [0.3, 0.4) is 0 Å². The molecule has 2 atom stereocenters. The summed E-state index contributed by atoms with van der Waals surface area (Å²) in [5.41, 5.74) is 2.58. The minimum absolute atomic E-state index is 0.884. The molecule has 0 unspecified atom stereocenters. The molecule has 1 aromatic heterocycles. The van der Waals surface area contributed by atoms with Crippen LogP contribution in [0.25, 0.3) is 10.2 Å². The average Bonchev–Trinajstić information content (AvgIpc) is 3.01. The molecule has 19 heavy (non-hydrogen) atoms. The Balaban J connectivity index is 1.52. The van der Waals surface area contributed by atoms with Crippen molar-refractivity contribution in [2.45, 2.75) is 13.5 Å². The lowest BCUT2D eigenvalue weighted by atomic mass is 10.0. The SMILES string of the molecule is Cc1nc2ccc(CN3C[C@H]4CNC[C@H]4C3)cc2s1. The van der Waals surface area contributed by atoms with Gasteiger partial charge in [0.2, 0.25) is 0 Å². The summed E-state index contributed by atoms with van der Waals surface area (Å²) in [6.45, 7) is 8.14. The Hall–Kier alpha value is -0.970. The van der Waals surface area contributed by atoms with Gasteiger partial charge in [0, 0.05) is 19.6 Å². The third-order valence-electron chi connectivity index (χ3n) is 4.43. The first kappa shape index (κ1) is 11.8. The van der Waals surface area contributed by atoms with E-state index in [9.17, 15) is 0 Å². The van der Waals surface area contributed by atoms with Crippen LogP contribution >= 0.6 is 11.3 Å². The monoisotopic (exact) mass is 273 g/mol. The summed E-state index contributed by atoms with van der Waals surface area (Å²) in [5.74, 6) is 1.77. The van der Waals surface area contributed by atoms with Crippen LogP contribution in [0, 0.1) is 18.8 Å². The predicted molar refractivity (Wildman–Crippen MR) is 79.5 cm³/mol.